The van der Waals surface area contributed by atoms with Crippen LogP contribution in [-0.4, -0.2) is 28.2 Å². The molecule has 0 unspecified atom stereocenters. The van der Waals surface area contributed by atoms with Crippen LogP contribution < -0.4 is 0 Å². The van der Waals surface area contributed by atoms with Crippen molar-refractivity contribution >= 4 is 10.1 Å². The van der Waals surface area contributed by atoms with Crippen molar-refractivity contribution in [3.8, 4) is 0 Å². The molecule has 0 spiro atoms. The number of benzene rings is 1. The van der Waals surface area contributed by atoms with E-state index in [2.05, 4.69) is 6.58 Å². The predicted molar refractivity (Wildman–Crippen MR) is 83.8 cm³/mol. The van der Waals surface area contributed by atoms with Gasteiger partial charge in [0.15, 0.2) is 0 Å². The summed E-state index contributed by atoms with van der Waals surface area (Å²) in [6.07, 6.45) is 5.36. The second-order valence-electron chi connectivity index (χ2n) is 4.87. The van der Waals surface area contributed by atoms with E-state index in [1.165, 1.54) is 0 Å². The van der Waals surface area contributed by atoms with Crippen molar-refractivity contribution in [2.45, 2.75) is 37.5 Å². The molecule has 0 aliphatic rings. The molecule has 0 heterocycles. The van der Waals surface area contributed by atoms with Crippen LogP contribution in [0.1, 0.15) is 31.2 Å². The fraction of sp³-hybridized carbons (Fsp3) is 0.500. The third kappa shape index (κ3) is 7.41. The van der Waals surface area contributed by atoms with Gasteiger partial charge in [0.1, 0.15) is 0 Å². The van der Waals surface area contributed by atoms with Crippen molar-refractivity contribution < 1.29 is 17.3 Å². The van der Waals surface area contributed by atoms with E-state index in [0.29, 0.717) is 13.2 Å². The van der Waals surface area contributed by atoms with Gasteiger partial charge in [0.05, 0.1) is 18.1 Å². The molecule has 0 N–H and O–H groups in total. The summed E-state index contributed by atoms with van der Waals surface area (Å²) in [7, 11) is -3.62. The molecule has 1 aromatic carbocycles. The van der Waals surface area contributed by atoms with Crippen LogP contribution in [0.3, 0.4) is 0 Å². The summed E-state index contributed by atoms with van der Waals surface area (Å²) >= 11 is 0. The van der Waals surface area contributed by atoms with E-state index in [1.807, 2.05) is 6.92 Å². The van der Waals surface area contributed by atoms with E-state index in [-0.39, 0.29) is 11.5 Å². The summed E-state index contributed by atoms with van der Waals surface area (Å²) < 4.78 is 34.1. The van der Waals surface area contributed by atoms with Crippen LogP contribution in [0, 0.1) is 6.92 Å². The van der Waals surface area contributed by atoms with Crippen LogP contribution in [0.4, 0.5) is 0 Å². The molecule has 5 heteroatoms. The Hall–Kier alpha value is -1.17. The SMILES string of the molecule is C=CCOCCCCCCOS(=O)(=O)c1ccc(C)cc1. The molecule has 0 amide bonds. The van der Waals surface area contributed by atoms with Crippen molar-refractivity contribution in [1.82, 2.24) is 0 Å². The minimum Gasteiger partial charge on any atom is -0.377 e. The van der Waals surface area contributed by atoms with E-state index in [4.69, 9.17) is 8.92 Å². The summed E-state index contributed by atoms with van der Waals surface area (Å²) in [5, 5.41) is 0. The van der Waals surface area contributed by atoms with E-state index < -0.39 is 10.1 Å². The Bertz CT molecular complexity index is 506. The molecule has 0 aromatic heterocycles. The van der Waals surface area contributed by atoms with Crippen LogP contribution in [0.15, 0.2) is 41.8 Å². The van der Waals surface area contributed by atoms with Crippen LogP contribution in [-0.2, 0) is 19.0 Å². The number of aryl methyl sites for hydroxylation is 1. The zero-order chi connectivity index (χ0) is 15.6. The maximum atomic E-state index is 11.9. The molecule has 0 radical (unpaired) electrons. The number of unbranched alkanes of at least 4 members (excludes halogenated alkanes) is 3. The lowest BCUT2D eigenvalue weighted by molar-refractivity contribution is 0.157. The fourth-order valence-corrected chi connectivity index (χ4v) is 2.71. The van der Waals surface area contributed by atoms with Gasteiger partial charge in [-0.25, -0.2) is 0 Å². The van der Waals surface area contributed by atoms with E-state index in [1.54, 1.807) is 30.3 Å². The molecule has 0 fully saturated rings. The molecule has 0 saturated heterocycles. The Morgan fingerprint density at radius 1 is 1.05 bits per heavy atom. The van der Waals surface area contributed by atoms with E-state index in [0.717, 1.165) is 31.2 Å². The van der Waals surface area contributed by atoms with Crippen LogP contribution in [0.5, 0.6) is 0 Å². The first kappa shape index (κ1) is 17.9. The van der Waals surface area contributed by atoms with Gasteiger partial charge < -0.3 is 4.74 Å². The minimum absolute atomic E-state index is 0.214. The van der Waals surface area contributed by atoms with Crippen LogP contribution in [0.25, 0.3) is 0 Å². The van der Waals surface area contributed by atoms with Gasteiger partial charge in [-0.15, -0.1) is 6.58 Å². The number of hydrogen-bond donors (Lipinski definition) is 0. The van der Waals surface area contributed by atoms with Crippen LogP contribution in [0.2, 0.25) is 0 Å². The highest BCUT2D eigenvalue weighted by Gasteiger charge is 2.14. The highest BCUT2D eigenvalue weighted by Crippen LogP contribution is 2.14. The Morgan fingerprint density at radius 2 is 1.67 bits per heavy atom. The summed E-state index contributed by atoms with van der Waals surface area (Å²) in [5.74, 6) is 0. The molecule has 21 heavy (non-hydrogen) atoms. The minimum atomic E-state index is -3.62. The molecule has 1 rings (SSSR count). The third-order valence-electron chi connectivity index (χ3n) is 2.97. The average molecular weight is 312 g/mol. The Labute approximate surface area is 127 Å². The molecule has 0 aliphatic heterocycles. The second-order valence-corrected chi connectivity index (χ2v) is 6.48. The lowest BCUT2D eigenvalue weighted by Crippen LogP contribution is -2.07. The monoisotopic (exact) mass is 312 g/mol. The smallest absolute Gasteiger partial charge is 0.296 e. The largest absolute Gasteiger partial charge is 0.377 e. The Kier molecular flexibility index (Phi) is 8.27. The van der Waals surface area contributed by atoms with E-state index in [9.17, 15) is 8.42 Å². The van der Waals surface area contributed by atoms with Crippen molar-refractivity contribution in [2.24, 2.45) is 0 Å². The topological polar surface area (TPSA) is 52.6 Å². The third-order valence-corrected chi connectivity index (χ3v) is 4.29. The molecule has 1 aromatic rings. The zero-order valence-corrected chi connectivity index (χ0v) is 13.4. The van der Waals surface area contributed by atoms with Crippen LogP contribution >= 0.6 is 0 Å². The first-order valence-electron chi connectivity index (χ1n) is 7.21. The fourth-order valence-electron chi connectivity index (χ4n) is 1.77. The molecular weight excluding hydrogens is 288 g/mol. The first-order valence-corrected chi connectivity index (χ1v) is 8.62. The highest BCUT2D eigenvalue weighted by molar-refractivity contribution is 7.86. The van der Waals surface area contributed by atoms with E-state index >= 15 is 0 Å². The van der Waals surface area contributed by atoms with Crippen molar-refractivity contribution in [3.63, 3.8) is 0 Å². The van der Waals surface area contributed by atoms with Crippen molar-refractivity contribution in [2.75, 3.05) is 19.8 Å². The average Bonchev–Trinajstić information content (AvgIpc) is 2.46. The Morgan fingerprint density at radius 3 is 2.29 bits per heavy atom. The molecule has 0 aliphatic carbocycles. The Balaban J connectivity index is 2.17. The van der Waals surface area contributed by atoms with Gasteiger partial charge in [-0.05, 0) is 31.9 Å². The van der Waals surface area contributed by atoms with Gasteiger partial charge in [0, 0.05) is 6.61 Å². The van der Waals surface area contributed by atoms with Gasteiger partial charge in [-0.1, -0.05) is 36.6 Å². The lowest BCUT2D eigenvalue weighted by Gasteiger charge is -2.06. The summed E-state index contributed by atoms with van der Waals surface area (Å²) in [4.78, 5) is 0.214. The molecule has 118 valence electrons. The van der Waals surface area contributed by atoms with Gasteiger partial charge >= 0.3 is 0 Å². The van der Waals surface area contributed by atoms with Crippen molar-refractivity contribution in [3.05, 3.63) is 42.5 Å². The standard InChI is InChI=1S/C16H24O4S/c1-3-12-19-13-6-4-5-7-14-20-21(17,18)16-10-8-15(2)9-11-16/h3,8-11H,1,4-7,12-14H2,2H3. The summed E-state index contributed by atoms with van der Waals surface area (Å²) in [6, 6.07) is 6.67. The lowest BCUT2D eigenvalue weighted by atomic mass is 10.2. The second kappa shape index (κ2) is 9.71. The summed E-state index contributed by atoms with van der Waals surface area (Å²) in [6.45, 7) is 7.01. The van der Waals surface area contributed by atoms with Gasteiger partial charge in [-0.3, -0.25) is 4.18 Å². The maximum Gasteiger partial charge on any atom is 0.296 e. The molecule has 4 nitrogen and oxygen atoms in total. The number of ether oxygens (including phenoxy) is 1. The van der Waals surface area contributed by atoms with Gasteiger partial charge in [-0.2, -0.15) is 8.42 Å². The van der Waals surface area contributed by atoms with Gasteiger partial charge in [0.25, 0.3) is 10.1 Å². The molecule has 0 saturated carbocycles. The maximum absolute atomic E-state index is 11.9. The predicted octanol–water partition coefficient (Wildman–Crippen LogP) is 3.46. The highest BCUT2D eigenvalue weighted by atomic mass is 32.2. The summed E-state index contributed by atoms with van der Waals surface area (Å²) in [5.41, 5.74) is 1.02. The number of hydrogen-bond acceptors (Lipinski definition) is 4. The number of rotatable bonds is 11. The first-order chi connectivity index (χ1) is 10.1. The zero-order valence-electron chi connectivity index (χ0n) is 12.6. The molecular formula is C16H24O4S. The normalized spacial score (nSPS) is 11.5. The molecule has 0 bridgehead atoms. The van der Waals surface area contributed by atoms with Gasteiger partial charge in [0.2, 0.25) is 0 Å². The quantitative estimate of drug-likeness (QED) is 0.357. The van der Waals surface area contributed by atoms with Crippen molar-refractivity contribution in [1.29, 1.82) is 0 Å². The molecule has 0 atom stereocenters.